The van der Waals surface area contributed by atoms with Crippen LogP contribution in [0.15, 0.2) is 79.0 Å². The van der Waals surface area contributed by atoms with Crippen LogP contribution >= 0.6 is 0 Å². The zero-order valence-electron chi connectivity index (χ0n) is 23.7. The number of rotatable bonds is 10. The summed E-state index contributed by atoms with van der Waals surface area (Å²) in [5.74, 6) is 0.113. The molecule has 0 radical (unpaired) electrons. The minimum Gasteiger partial charge on any atom is -0.361 e. The first kappa shape index (κ1) is 29.2. The summed E-state index contributed by atoms with van der Waals surface area (Å²) in [6.45, 7) is 4.57. The molecule has 1 aliphatic carbocycles. The normalized spacial score (nSPS) is 13.4. The number of anilines is 1. The molecule has 0 unspecified atom stereocenters. The Labute approximate surface area is 243 Å². The van der Waals surface area contributed by atoms with E-state index in [0.29, 0.717) is 30.1 Å². The van der Waals surface area contributed by atoms with Crippen LogP contribution < -0.4 is 5.32 Å². The highest BCUT2D eigenvalue weighted by atomic mass is 19.4. The monoisotopic (exact) mass is 576 g/mol. The number of fused-ring (bicyclic) bond motifs is 1. The van der Waals surface area contributed by atoms with Crippen molar-refractivity contribution in [2.24, 2.45) is 0 Å². The minimum absolute atomic E-state index is 0.0228. The van der Waals surface area contributed by atoms with E-state index in [9.17, 15) is 22.8 Å². The lowest BCUT2D eigenvalue weighted by atomic mass is 10.0. The van der Waals surface area contributed by atoms with Crippen LogP contribution in [-0.4, -0.2) is 45.9 Å². The number of benzene rings is 3. The number of aromatic amines is 1. The van der Waals surface area contributed by atoms with Crippen molar-refractivity contribution in [2.45, 2.75) is 57.8 Å². The Morgan fingerprint density at radius 3 is 2.31 bits per heavy atom. The van der Waals surface area contributed by atoms with Crippen LogP contribution in [-0.2, 0) is 23.9 Å². The van der Waals surface area contributed by atoms with Gasteiger partial charge in [0.1, 0.15) is 6.54 Å². The summed E-state index contributed by atoms with van der Waals surface area (Å²) in [5.41, 5.74) is 3.70. The van der Waals surface area contributed by atoms with Gasteiger partial charge >= 0.3 is 12.2 Å². The van der Waals surface area contributed by atoms with Crippen molar-refractivity contribution < 1.29 is 22.8 Å². The third-order valence-electron chi connectivity index (χ3n) is 7.72. The van der Waals surface area contributed by atoms with E-state index in [0.717, 1.165) is 47.0 Å². The van der Waals surface area contributed by atoms with Crippen molar-refractivity contribution in [1.29, 1.82) is 0 Å². The molecule has 0 bridgehead atoms. The van der Waals surface area contributed by atoms with E-state index in [4.69, 9.17) is 0 Å². The number of para-hydroxylation sites is 1. The SMILES string of the molecule is CC(C)c1ccc(NC(=O)N(CC(=O)N(CCc2c[nH]c3ccccc23)Cc2ccc(C(F)(F)F)cc2)C2CC2)cc1. The molecule has 3 amide bonds. The number of H-pyrrole nitrogens is 1. The second-order valence-electron chi connectivity index (χ2n) is 11.2. The molecule has 3 aromatic carbocycles. The average Bonchev–Trinajstić information content (AvgIpc) is 3.73. The number of hydrogen-bond acceptors (Lipinski definition) is 2. The Hall–Kier alpha value is -4.27. The van der Waals surface area contributed by atoms with Crippen LogP contribution in [0.3, 0.4) is 0 Å². The second kappa shape index (κ2) is 12.3. The Morgan fingerprint density at radius 1 is 0.976 bits per heavy atom. The number of nitrogens with one attached hydrogen (secondary N) is 2. The van der Waals surface area contributed by atoms with E-state index in [1.54, 1.807) is 9.80 Å². The van der Waals surface area contributed by atoms with Crippen molar-refractivity contribution in [3.05, 3.63) is 101 Å². The topological polar surface area (TPSA) is 68.4 Å². The number of urea groups is 1. The van der Waals surface area contributed by atoms with E-state index in [-0.39, 0.29) is 31.1 Å². The predicted molar refractivity (Wildman–Crippen MR) is 158 cm³/mol. The van der Waals surface area contributed by atoms with Gasteiger partial charge in [0.05, 0.1) is 5.56 Å². The molecule has 42 heavy (non-hydrogen) atoms. The van der Waals surface area contributed by atoms with E-state index < -0.39 is 11.7 Å². The molecular weight excluding hydrogens is 541 g/mol. The van der Waals surface area contributed by atoms with Crippen molar-refractivity contribution >= 4 is 28.5 Å². The smallest absolute Gasteiger partial charge is 0.361 e. The number of amides is 3. The summed E-state index contributed by atoms with van der Waals surface area (Å²) in [6, 6.07) is 20.1. The molecule has 0 atom stereocenters. The van der Waals surface area contributed by atoms with Crippen molar-refractivity contribution in [1.82, 2.24) is 14.8 Å². The van der Waals surface area contributed by atoms with Gasteiger partial charge < -0.3 is 20.1 Å². The summed E-state index contributed by atoms with van der Waals surface area (Å²) in [6.07, 6.45) is -0.326. The van der Waals surface area contributed by atoms with Gasteiger partial charge in [-0.1, -0.05) is 56.3 Å². The predicted octanol–water partition coefficient (Wildman–Crippen LogP) is 7.58. The average molecular weight is 577 g/mol. The maximum Gasteiger partial charge on any atom is 0.416 e. The van der Waals surface area contributed by atoms with Gasteiger partial charge in [-0.05, 0) is 72.2 Å². The van der Waals surface area contributed by atoms with E-state index >= 15 is 0 Å². The lowest BCUT2D eigenvalue weighted by Gasteiger charge is -2.28. The van der Waals surface area contributed by atoms with Gasteiger partial charge in [-0.25, -0.2) is 4.79 Å². The van der Waals surface area contributed by atoms with Crippen LogP contribution in [0.2, 0.25) is 0 Å². The number of alkyl halides is 3. The summed E-state index contributed by atoms with van der Waals surface area (Å²) in [5, 5.41) is 3.98. The third-order valence-corrected chi connectivity index (χ3v) is 7.72. The maximum absolute atomic E-state index is 13.7. The number of carbonyl (C=O) groups excluding carboxylic acids is 2. The highest BCUT2D eigenvalue weighted by Crippen LogP contribution is 2.30. The molecule has 1 saturated carbocycles. The lowest BCUT2D eigenvalue weighted by Crippen LogP contribution is -2.45. The van der Waals surface area contributed by atoms with Gasteiger partial charge in [-0.15, -0.1) is 0 Å². The summed E-state index contributed by atoms with van der Waals surface area (Å²) in [7, 11) is 0. The van der Waals surface area contributed by atoms with E-state index in [2.05, 4.69) is 24.1 Å². The van der Waals surface area contributed by atoms with Gasteiger partial charge in [0.2, 0.25) is 5.91 Å². The molecule has 0 spiro atoms. The zero-order valence-corrected chi connectivity index (χ0v) is 23.7. The first-order valence-corrected chi connectivity index (χ1v) is 14.2. The Balaban J connectivity index is 1.32. The fraction of sp³-hybridized carbons (Fsp3) is 0.333. The number of carbonyl (C=O) groups is 2. The minimum atomic E-state index is -4.43. The second-order valence-corrected chi connectivity index (χ2v) is 11.2. The quantitative estimate of drug-likeness (QED) is 0.204. The van der Waals surface area contributed by atoms with Crippen LogP contribution in [0, 0.1) is 0 Å². The molecule has 1 fully saturated rings. The van der Waals surface area contributed by atoms with Crippen LogP contribution in [0.4, 0.5) is 23.7 Å². The Kier molecular flexibility index (Phi) is 8.56. The van der Waals surface area contributed by atoms with E-state index in [1.807, 2.05) is 54.7 Å². The first-order chi connectivity index (χ1) is 20.1. The fourth-order valence-electron chi connectivity index (χ4n) is 5.05. The summed E-state index contributed by atoms with van der Waals surface area (Å²) < 4.78 is 39.4. The molecule has 1 heterocycles. The number of nitrogens with zero attached hydrogens (tertiary/aromatic N) is 2. The van der Waals surface area contributed by atoms with Crippen molar-refractivity contribution in [3.63, 3.8) is 0 Å². The number of halogens is 3. The number of aromatic nitrogens is 1. The first-order valence-electron chi connectivity index (χ1n) is 14.2. The molecule has 220 valence electrons. The molecule has 1 aliphatic rings. The molecule has 2 N–H and O–H groups in total. The largest absolute Gasteiger partial charge is 0.416 e. The molecular formula is C33H35F3N4O2. The highest BCUT2D eigenvalue weighted by Gasteiger charge is 2.35. The third kappa shape index (κ3) is 7.13. The summed E-state index contributed by atoms with van der Waals surface area (Å²) >= 11 is 0. The molecule has 0 aliphatic heterocycles. The fourth-order valence-corrected chi connectivity index (χ4v) is 5.05. The van der Waals surface area contributed by atoms with Crippen LogP contribution in [0.5, 0.6) is 0 Å². The van der Waals surface area contributed by atoms with Gasteiger partial charge in [0, 0.05) is 41.9 Å². The molecule has 5 rings (SSSR count). The maximum atomic E-state index is 13.7. The lowest BCUT2D eigenvalue weighted by molar-refractivity contribution is -0.137. The number of hydrogen-bond donors (Lipinski definition) is 2. The molecule has 9 heteroatoms. The van der Waals surface area contributed by atoms with E-state index in [1.165, 1.54) is 12.1 Å². The molecule has 6 nitrogen and oxygen atoms in total. The zero-order chi connectivity index (χ0) is 29.9. The van der Waals surface area contributed by atoms with Gasteiger partial charge in [-0.3, -0.25) is 4.79 Å². The van der Waals surface area contributed by atoms with Gasteiger partial charge in [-0.2, -0.15) is 13.2 Å². The highest BCUT2D eigenvalue weighted by molar-refractivity contribution is 5.93. The molecule has 0 saturated heterocycles. The van der Waals surface area contributed by atoms with Gasteiger partial charge in [0.15, 0.2) is 0 Å². The molecule has 1 aromatic heterocycles. The van der Waals surface area contributed by atoms with Crippen LogP contribution in [0.25, 0.3) is 10.9 Å². The van der Waals surface area contributed by atoms with Crippen molar-refractivity contribution in [2.75, 3.05) is 18.4 Å². The molecule has 4 aromatic rings. The summed E-state index contributed by atoms with van der Waals surface area (Å²) in [4.78, 5) is 33.5. The van der Waals surface area contributed by atoms with Crippen LogP contribution in [0.1, 0.15) is 54.9 Å². The van der Waals surface area contributed by atoms with Crippen molar-refractivity contribution in [3.8, 4) is 0 Å². The Morgan fingerprint density at radius 2 is 1.67 bits per heavy atom. The van der Waals surface area contributed by atoms with Gasteiger partial charge in [0.25, 0.3) is 0 Å². The Bertz CT molecular complexity index is 1520. The standard InChI is InChI=1S/C33H35F3N4O2/c1-22(2)24-9-13-27(14-10-24)38-32(42)40(28-15-16-28)21-31(41)39(20-23-7-11-26(12-8-23)33(34,35)36)18-17-25-19-37-30-6-4-3-5-29(25)30/h3-14,19,22,28,37H,15-18,20-21H2,1-2H3,(H,38,42).